The highest BCUT2D eigenvalue weighted by Crippen LogP contribution is 2.29. The first-order valence-corrected chi connectivity index (χ1v) is 7.64. The number of piperidine rings is 1. The van der Waals surface area contributed by atoms with Crippen LogP contribution in [0.25, 0.3) is 0 Å². The summed E-state index contributed by atoms with van der Waals surface area (Å²) in [6.45, 7) is 3.58. The molecule has 1 aliphatic heterocycles. The topological polar surface area (TPSA) is 77.2 Å². The molecule has 0 bridgehead atoms. The number of aromatic nitrogens is 4. The summed E-state index contributed by atoms with van der Waals surface area (Å²) in [5.41, 5.74) is 0. The Bertz CT molecular complexity index is 648. The van der Waals surface area contributed by atoms with Crippen molar-refractivity contribution in [3.63, 3.8) is 0 Å². The van der Waals surface area contributed by atoms with E-state index in [4.69, 9.17) is 20.9 Å². The van der Waals surface area contributed by atoms with E-state index in [0.717, 1.165) is 44.0 Å². The molecule has 0 N–H and O–H groups in total. The minimum absolute atomic E-state index is 0.329. The van der Waals surface area contributed by atoms with Crippen LogP contribution in [0.5, 0.6) is 6.01 Å². The monoisotopic (exact) mass is 323 g/mol. The second-order valence-electron chi connectivity index (χ2n) is 5.42. The molecule has 1 aliphatic rings. The van der Waals surface area contributed by atoms with Gasteiger partial charge >= 0.3 is 6.01 Å². The lowest BCUT2D eigenvalue weighted by atomic mass is 9.94. The van der Waals surface area contributed by atoms with Crippen molar-refractivity contribution >= 4 is 17.4 Å². The normalized spacial score (nSPS) is 18.5. The molecular weight excluding hydrogens is 306 g/mol. The average molecular weight is 324 g/mol. The van der Waals surface area contributed by atoms with Crippen LogP contribution in [0.1, 0.15) is 24.6 Å². The lowest BCUT2D eigenvalue weighted by molar-refractivity contribution is 0.366. The summed E-state index contributed by atoms with van der Waals surface area (Å²) in [6, 6.07) is 0.329. The molecule has 22 heavy (non-hydrogen) atoms. The first-order valence-electron chi connectivity index (χ1n) is 7.26. The Balaban J connectivity index is 1.72. The lowest BCUT2D eigenvalue weighted by Gasteiger charge is -2.33. The summed E-state index contributed by atoms with van der Waals surface area (Å²) in [6.07, 6.45) is 4.58. The standard InChI is InChI=1S/C14H18ClN5O2/c1-9-17-12(19-22-9)6-10-4-3-5-20(8-10)13-11(15)7-16-14(18-13)21-2/h7,10H,3-6,8H2,1-2H3/t10-/m0/s1. The van der Waals surface area contributed by atoms with E-state index < -0.39 is 0 Å². The molecule has 0 saturated carbocycles. The summed E-state index contributed by atoms with van der Waals surface area (Å²) < 4.78 is 10.1. The highest BCUT2D eigenvalue weighted by molar-refractivity contribution is 6.32. The van der Waals surface area contributed by atoms with Crippen LogP contribution in [0.2, 0.25) is 5.02 Å². The van der Waals surface area contributed by atoms with E-state index in [1.807, 2.05) is 0 Å². The van der Waals surface area contributed by atoms with Gasteiger partial charge < -0.3 is 14.2 Å². The molecule has 0 amide bonds. The van der Waals surface area contributed by atoms with Crippen molar-refractivity contribution in [3.8, 4) is 6.01 Å². The van der Waals surface area contributed by atoms with Crippen molar-refractivity contribution in [1.82, 2.24) is 20.1 Å². The van der Waals surface area contributed by atoms with Gasteiger partial charge in [-0.25, -0.2) is 4.98 Å². The highest BCUT2D eigenvalue weighted by Gasteiger charge is 2.24. The molecule has 1 saturated heterocycles. The van der Waals surface area contributed by atoms with Gasteiger partial charge in [0.1, 0.15) is 5.02 Å². The predicted octanol–water partition coefficient (Wildman–Crippen LogP) is 2.29. The van der Waals surface area contributed by atoms with E-state index >= 15 is 0 Å². The summed E-state index contributed by atoms with van der Waals surface area (Å²) in [4.78, 5) is 14.8. The van der Waals surface area contributed by atoms with Crippen LogP contribution >= 0.6 is 11.6 Å². The molecule has 3 heterocycles. The van der Waals surface area contributed by atoms with E-state index in [1.54, 1.807) is 20.2 Å². The Morgan fingerprint density at radius 3 is 3.05 bits per heavy atom. The largest absolute Gasteiger partial charge is 0.467 e. The van der Waals surface area contributed by atoms with Gasteiger partial charge in [-0.3, -0.25) is 0 Å². The van der Waals surface area contributed by atoms with Crippen LogP contribution < -0.4 is 9.64 Å². The van der Waals surface area contributed by atoms with Crippen LogP contribution in [-0.4, -0.2) is 40.3 Å². The zero-order chi connectivity index (χ0) is 15.5. The summed E-state index contributed by atoms with van der Waals surface area (Å²) in [5.74, 6) is 2.53. The van der Waals surface area contributed by atoms with Crippen LogP contribution in [-0.2, 0) is 6.42 Å². The van der Waals surface area contributed by atoms with Gasteiger partial charge in [-0.1, -0.05) is 16.8 Å². The second kappa shape index (κ2) is 6.48. The van der Waals surface area contributed by atoms with Crippen LogP contribution in [0.3, 0.4) is 0 Å². The molecule has 1 atom stereocenters. The van der Waals surface area contributed by atoms with E-state index in [1.165, 1.54) is 0 Å². The molecule has 118 valence electrons. The van der Waals surface area contributed by atoms with E-state index in [0.29, 0.717) is 22.8 Å². The molecule has 2 aromatic heterocycles. The first-order chi connectivity index (χ1) is 10.7. The van der Waals surface area contributed by atoms with Gasteiger partial charge in [0.2, 0.25) is 5.89 Å². The molecule has 3 rings (SSSR count). The summed E-state index contributed by atoms with van der Waals surface area (Å²) in [5, 5.41) is 4.52. The number of aryl methyl sites for hydroxylation is 1. The lowest BCUT2D eigenvalue weighted by Crippen LogP contribution is -2.37. The maximum atomic E-state index is 6.24. The van der Waals surface area contributed by atoms with Gasteiger partial charge in [0.25, 0.3) is 0 Å². The van der Waals surface area contributed by atoms with E-state index in [-0.39, 0.29) is 0 Å². The molecule has 7 nitrogen and oxygen atoms in total. The third-order valence-electron chi connectivity index (χ3n) is 3.75. The van der Waals surface area contributed by atoms with Crippen molar-refractivity contribution in [1.29, 1.82) is 0 Å². The Kier molecular flexibility index (Phi) is 4.42. The Morgan fingerprint density at radius 2 is 2.32 bits per heavy atom. The molecule has 0 radical (unpaired) electrons. The maximum Gasteiger partial charge on any atom is 0.318 e. The van der Waals surface area contributed by atoms with Crippen LogP contribution in [0.4, 0.5) is 5.82 Å². The maximum absolute atomic E-state index is 6.24. The van der Waals surface area contributed by atoms with Crippen molar-refractivity contribution in [3.05, 3.63) is 22.9 Å². The molecule has 0 spiro atoms. The van der Waals surface area contributed by atoms with Gasteiger partial charge in [0.15, 0.2) is 11.6 Å². The number of ether oxygens (including phenoxy) is 1. The van der Waals surface area contributed by atoms with Crippen LogP contribution in [0, 0.1) is 12.8 Å². The SMILES string of the molecule is COc1ncc(Cl)c(N2CCC[C@@H](Cc3noc(C)n3)C2)n1. The van der Waals surface area contributed by atoms with Gasteiger partial charge in [-0.05, 0) is 18.8 Å². The molecule has 2 aromatic rings. The second-order valence-corrected chi connectivity index (χ2v) is 5.82. The van der Waals surface area contributed by atoms with Gasteiger partial charge in [0.05, 0.1) is 13.3 Å². The first kappa shape index (κ1) is 15.0. The molecule has 1 fully saturated rings. The van der Waals surface area contributed by atoms with E-state index in [2.05, 4.69) is 25.0 Å². The van der Waals surface area contributed by atoms with Gasteiger partial charge in [-0.15, -0.1) is 0 Å². The number of hydrogen-bond donors (Lipinski definition) is 0. The number of rotatable bonds is 4. The molecule has 8 heteroatoms. The minimum Gasteiger partial charge on any atom is -0.467 e. The summed E-state index contributed by atoms with van der Waals surface area (Å²) in [7, 11) is 1.55. The van der Waals surface area contributed by atoms with Crippen molar-refractivity contribution < 1.29 is 9.26 Å². The number of halogens is 1. The fraction of sp³-hybridized carbons (Fsp3) is 0.571. The third kappa shape index (κ3) is 3.30. The average Bonchev–Trinajstić information content (AvgIpc) is 2.93. The Hall–Kier alpha value is -1.89. The van der Waals surface area contributed by atoms with Crippen molar-refractivity contribution in [2.45, 2.75) is 26.2 Å². The number of methoxy groups -OCH3 is 1. The third-order valence-corrected chi connectivity index (χ3v) is 4.01. The van der Waals surface area contributed by atoms with Gasteiger partial charge in [-0.2, -0.15) is 9.97 Å². The number of nitrogens with zero attached hydrogens (tertiary/aromatic N) is 5. The zero-order valence-corrected chi connectivity index (χ0v) is 13.4. The molecule has 0 aliphatic carbocycles. The van der Waals surface area contributed by atoms with E-state index in [9.17, 15) is 0 Å². The van der Waals surface area contributed by atoms with Crippen LogP contribution in [0.15, 0.2) is 10.7 Å². The Labute approximate surface area is 133 Å². The highest BCUT2D eigenvalue weighted by atomic mass is 35.5. The molecule has 0 aromatic carbocycles. The minimum atomic E-state index is 0.329. The zero-order valence-electron chi connectivity index (χ0n) is 12.6. The Morgan fingerprint density at radius 1 is 1.45 bits per heavy atom. The smallest absolute Gasteiger partial charge is 0.318 e. The molecule has 0 unspecified atom stereocenters. The molecular formula is C14H18ClN5O2. The van der Waals surface area contributed by atoms with Crippen molar-refractivity contribution in [2.24, 2.45) is 5.92 Å². The number of anilines is 1. The van der Waals surface area contributed by atoms with Gasteiger partial charge in [0, 0.05) is 26.4 Å². The predicted molar refractivity (Wildman–Crippen MR) is 81.3 cm³/mol. The number of hydrogen-bond acceptors (Lipinski definition) is 7. The fourth-order valence-corrected chi connectivity index (χ4v) is 2.98. The quantitative estimate of drug-likeness (QED) is 0.854. The fourth-order valence-electron chi connectivity index (χ4n) is 2.77. The van der Waals surface area contributed by atoms with Crippen molar-refractivity contribution in [2.75, 3.05) is 25.1 Å². The summed E-state index contributed by atoms with van der Waals surface area (Å²) >= 11 is 6.24.